The van der Waals surface area contributed by atoms with E-state index in [1.807, 2.05) is 0 Å². The van der Waals surface area contributed by atoms with Crippen LogP contribution < -0.4 is 0 Å². The second-order valence-corrected chi connectivity index (χ2v) is 4.38. The molecule has 1 aliphatic rings. The maximum absolute atomic E-state index is 8.54. The van der Waals surface area contributed by atoms with Crippen LogP contribution in [-0.4, -0.2) is 37.2 Å². The molecule has 0 radical (unpaired) electrons. The third-order valence-electron chi connectivity index (χ3n) is 3.05. The minimum atomic E-state index is 0.101. The van der Waals surface area contributed by atoms with Crippen LogP contribution in [-0.2, 0) is 4.74 Å². The Kier molecular flexibility index (Phi) is 5.88. The van der Waals surface area contributed by atoms with Gasteiger partial charge in [-0.1, -0.05) is 20.3 Å². The molecule has 0 bridgehead atoms. The van der Waals surface area contributed by atoms with Crippen LogP contribution in [0.5, 0.6) is 0 Å². The molecule has 3 nitrogen and oxygen atoms in total. The zero-order valence-electron chi connectivity index (χ0n) is 9.91. The highest BCUT2D eigenvalue weighted by Gasteiger charge is 2.21. The average molecular weight is 213 g/mol. The van der Waals surface area contributed by atoms with Crippen molar-refractivity contribution in [2.45, 2.75) is 33.1 Å². The van der Waals surface area contributed by atoms with Crippen molar-refractivity contribution in [1.82, 2.24) is 0 Å². The lowest BCUT2D eigenvalue weighted by molar-refractivity contribution is 0.0977. The normalized spacial score (nSPS) is 29.7. The fraction of sp³-hybridized carbons (Fsp3) is 0.917. The Labute approximate surface area is 92.6 Å². The number of hydrogen-bond acceptors (Lipinski definition) is 3. The molecule has 0 aromatic carbocycles. The van der Waals surface area contributed by atoms with Gasteiger partial charge in [0.2, 0.25) is 0 Å². The number of nitrogens with zero attached hydrogens (tertiary/aromatic N) is 1. The van der Waals surface area contributed by atoms with Gasteiger partial charge in [-0.2, -0.15) is 0 Å². The first-order valence-corrected chi connectivity index (χ1v) is 5.98. The topological polar surface area (TPSA) is 41.8 Å². The van der Waals surface area contributed by atoms with E-state index >= 15 is 0 Å². The van der Waals surface area contributed by atoms with Crippen LogP contribution in [0.3, 0.4) is 0 Å². The first-order chi connectivity index (χ1) is 7.25. The van der Waals surface area contributed by atoms with Crippen LogP contribution in [0.1, 0.15) is 33.1 Å². The molecule has 1 unspecified atom stereocenters. The predicted molar refractivity (Wildman–Crippen MR) is 62.4 cm³/mol. The molecule has 0 saturated heterocycles. The summed E-state index contributed by atoms with van der Waals surface area (Å²) < 4.78 is 5.19. The highest BCUT2D eigenvalue weighted by Crippen LogP contribution is 2.25. The van der Waals surface area contributed by atoms with Crippen molar-refractivity contribution in [3.63, 3.8) is 0 Å². The molecule has 0 amide bonds. The molecule has 1 fully saturated rings. The van der Waals surface area contributed by atoms with E-state index in [2.05, 4.69) is 18.8 Å². The van der Waals surface area contributed by atoms with Gasteiger partial charge in [0.05, 0.1) is 26.4 Å². The lowest BCUT2D eigenvalue weighted by Gasteiger charge is -2.26. The summed E-state index contributed by atoms with van der Waals surface area (Å²) in [5.74, 6) is 1.29. The standard InChI is InChI=1S/C12H23NO2/c1-10-4-3-5-11(2)12(10)13-6-8-15-9-7-14/h10-11,14H,3-9H2,1-2H3/b13-12-/t10?,11-/m0/s1. The Bertz CT molecular complexity index is 192. The zero-order valence-corrected chi connectivity index (χ0v) is 9.91. The Balaban J connectivity index is 2.29. The van der Waals surface area contributed by atoms with Crippen LogP contribution in [0, 0.1) is 11.8 Å². The van der Waals surface area contributed by atoms with Crippen molar-refractivity contribution in [2.24, 2.45) is 16.8 Å². The van der Waals surface area contributed by atoms with Gasteiger partial charge >= 0.3 is 0 Å². The second-order valence-electron chi connectivity index (χ2n) is 4.38. The summed E-state index contributed by atoms with van der Waals surface area (Å²) >= 11 is 0. The van der Waals surface area contributed by atoms with Gasteiger partial charge in [0.15, 0.2) is 0 Å². The number of hydrogen-bond donors (Lipinski definition) is 1. The molecule has 1 rings (SSSR count). The van der Waals surface area contributed by atoms with Crippen LogP contribution in [0.15, 0.2) is 4.99 Å². The molecule has 0 aliphatic heterocycles. The highest BCUT2D eigenvalue weighted by atomic mass is 16.5. The molecule has 2 atom stereocenters. The summed E-state index contributed by atoms with van der Waals surface area (Å²) in [6.45, 7) is 6.43. The third kappa shape index (κ3) is 4.31. The van der Waals surface area contributed by atoms with E-state index < -0.39 is 0 Å². The molecule has 1 aliphatic carbocycles. The Hall–Kier alpha value is -0.410. The van der Waals surface area contributed by atoms with Gasteiger partial charge in [-0.05, 0) is 24.7 Å². The van der Waals surface area contributed by atoms with E-state index in [0.29, 0.717) is 25.0 Å². The smallest absolute Gasteiger partial charge is 0.0698 e. The molecule has 0 aromatic heterocycles. The minimum absolute atomic E-state index is 0.101. The molecule has 3 heteroatoms. The van der Waals surface area contributed by atoms with E-state index in [1.54, 1.807) is 0 Å². The van der Waals surface area contributed by atoms with Gasteiger partial charge in [0, 0.05) is 5.71 Å². The van der Waals surface area contributed by atoms with Crippen LogP contribution in [0.2, 0.25) is 0 Å². The Morgan fingerprint density at radius 3 is 2.53 bits per heavy atom. The summed E-state index contributed by atoms with van der Waals surface area (Å²) in [5, 5.41) is 8.54. The summed E-state index contributed by atoms with van der Waals surface area (Å²) in [6, 6.07) is 0. The predicted octanol–water partition coefficient (Wildman–Crippen LogP) is 1.89. The van der Waals surface area contributed by atoms with Gasteiger partial charge in [0.1, 0.15) is 0 Å². The number of aliphatic imine (C=N–C) groups is 1. The van der Waals surface area contributed by atoms with E-state index in [9.17, 15) is 0 Å². The van der Waals surface area contributed by atoms with Crippen molar-refractivity contribution in [1.29, 1.82) is 0 Å². The lowest BCUT2D eigenvalue weighted by atomic mass is 9.81. The average Bonchev–Trinajstić information content (AvgIpc) is 2.21. The fourth-order valence-electron chi connectivity index (χ4n) is 2.23. The maximum Gasteiger partial charge on any atom is 0.0698 e. The van der Waals surface area contributed by atoms with Gasteiger partial charge in [-0.15, -0.1) is 0 Å². The van der Waals surface area contributed by atoms with Crippen molar-refractivity contribution in [2.75, 3.05) is 26.4 Å². The maximum atomic E-state index is 8.54. The van der Waals surface area contributed by atoms with Gasteiger partial charge < -0.3 is 9.84 Å². The largest absolute Gasteiger partial charge is 0.394 e. The first-order valence-electron chi connectivity index (χ1n) is 5.98. The summed E-state index contributed by atoms with van der Waals surface area (Å²) in [6.07, 6.45) is 3.89. The third-order valence-corrected chi connectivity index (χ3v) is 3.05. The number of aliphatic hydroxyl groups excluding tert-OH is 1. The molecular weight excluding hydrogens is 190 g/mol. The van der Waals surface area contributed by atoms with Crippen LogP contribution in [0.25, 0.3) is 0 Å². The van der Waals surface area contributed by atoms with Crippen molar-refractivity contribution < 1.29 is 9.84 Å². The molecule has 0 spiro atoms. The zero-order chi connectivity index (χ0) is 11.1. The van der Waals surface area contributed by atoms with Gasteiger partial charge in [0.25, 0.3) is 0 Å². The molecule has 1 N–H and O–H groups in total. The van der Waals surface area contributed by atoms with Gasteiger partial charge in [-0.25, -0.2) is 0 Å². The van der Waals surface area contributed by atoms with Crippen molar-refractivity contribution in [3.8, 4) is 0 Å². The van der Waals surface area contributed by atoms with Crippen molar-refractivity contribution in [3.05, 3.63) is 0 Å². The minimum Gasteiger partial charge on any atom is -0.394 e. The number of ether oxygens (including phenoxy) is 1. The van der Waals surface area contributed by atoms with E-state index in [-0.39, 0.29) is 6.61 Å². The first kappa shape index (κ1) is 12.7. The Morgan fingerprint density at radius 2 is 1.93 bits per heavy atom. The van der Waals surface area contributed by atoms with Crippen molar-refractivity contribution >= 4 is 5.71 Å². The van der Waals surface area contributed by atoms with E-state index in [0.717, 1.165) is 6.54 Å². The Morgan fingerprint density at radius 1 is 1.27 bits per heavy atom. The summed E-state index contributed by atoms with van der Waals surface area (Å²) in [4.78, 5) is 4.63. The fourth-order valence-corrected chi connectivity index (χ4v) is 2.23. The number of aliphatic hydroxyl groups is 1. The summed E-state index contributed by atoms with van der Waals surface area (Å²) in [5.41, 5.74) is 1.37. The molecule has 15 heavy (non-hydrogen) atoms. The van der Waals surface area contributed by atoms with E-state index in [1.165, 1.54) is 25.0 Å². The molecular formula is C12H23NO2. The lowest BCUT2D eigenvalue weighted by Crippen LogP contribution is -2.25. The molecule has 0 heterocycles. The molecule has 0 aromatic rings. The second kappa shape index (κ2) is 6.96. The monoisotopic (exact) mass is 213 g/mol. The quantitative estimate of drug-likeness (QED) is 0.709. The van der Waals surface area contributed by atoms with Crippen LogP contribution in [0.4, 0.5) is 0 Å². The van der Waals surface area contributed by atoms with Gasteiger partial charge in [-0.3, -0.25) is 4.99 Å². The number of rotatable bonds is 5. The summed E-state index contributed by atoms with van der Waals surface area (Å²) in [7, 11) is 0. The van der Waals surface area contributed by atoms with Crippen LogP contribution >= 0.6 is 0 Å². The van der Waals surface area contributed by atoms with E-state index in [4.69, 9.17) is 9.84 Å². The SMILES string of the molecule is CC1CCC[C@H](C)/C1=N\CCOCCO. The molecule has 88 valence electrons. The highest BCUT2D eigenvalue weighted by molar-refractivity contribution is 5.89. The molecule has 1 saturated carbocycles.